The number of benzene rings is 2. The van der Waals surface area contributed by atoms with Crippen LogP contribution in [0.1, 0.15) is 36.1 Å². The van der Waals surface area contributed by atoms with Crippen molar-refractivity contribution >= 4 is 16.9 Å². The third-order valence-corrected chi connectivity index (χ3v) is 4.07. The van der Waals surface area contributed by atoms with Gasteiger partial charge in [0.05, 0.1) is 0 Å². The van der Waals surface area contributed by atoms with E-state index in [1.165, 1.54) is 0 Å². The molecule has 2 aromatic carbocycles. The van der Waals surface area contributed by atoms with Gasteiger partial charge >= 0.3 is 0 Å². The number of aliphatic imine (C=N–C) groups is 1. The van der Waals surface area contributed by atoms with Crippen LogP contribution >= 0.6 is 0 Å². The first-order valence-corrected chi connectivity index (χ1v) is 7.65. The van der Waals surface area contributed by atoms with Crippen molar-refractivity contribution in [2.45, 2.75) is 20.8 Å². The van der Waals surface area contributed by atoms with Gasteiger partial charge in [0.2, 0.25) is 0 Å². The van der Waals surface area contributed by atoms with Crippen molar-refractivity contribution < 1.29 is 4.39 Å². The monoisotopic (exact) mass is 307 g/mol. The topological polar surface area (TPSA) is 12.4 Å². The van der Waals surface area contributed by atoms with Crippen LogP contribution in [0, 0.1) is 12.7 Å². The summed E-state index contributed by atoms with van der Waals surface area (Å²) >= 11 is 0. The highest BCUT2D eigenvalue weighted by Gasteiger charge is 2.16. The minimum Gasteiger partial charge on any atom is -0.293 e. The number of hydrogen-bond donors (Lipinski definition) is 0. The molecule has 118 valence electrons. The minimum absolute atomic E-state index is 0.194. The lowest BCUT2D eigenvalue weighted by atomic mass is 9.88. The number of rotatable bonds is 4. The molecule has 0 saturated heterocycles. The summed E-state index contributed by atoms with van der Waals surface area (Å²) in [6, 6.07) is 13.4. The number of nitrogens with zero attached hydrogens (tertiary/aromatic N) is 1. The number of hydrogen-bond acceptors (Lipinski definition) is 1. The molecule has 0 atom stereocenters. The lowest BCUT2D eigenvalue weighted by molar-refractivity contribution is 0.615. The van der Waals surface area contributed by atoms with E-state index >= 15 is 0 Å². The van der Waals surface area contributed by atoms with E-state index in [0.29, 0.717) is 11.1 Å². The minimum atomic E-state index is -0.194. The molecular weight excluding hydrogens is 285 g/mol. The zero-order valence-corrected chi connectivity index (χ0v) is 14.2. The van der Waals surface area contributed by atoms with E-state index in [9.17, 15) is 4.39 Å². The van der Waals surface area contributed by atoms with E-state index in [4.69, 9.17) is 0 Å². The number of allylic oxidation sites excluding steroid dienone is 3. The van der Waals surface area contributed by atoms with Crippen LogP contribution in [-0.2, 0) is 0 Å². The summed E-state index contributed by atoms with van der Waals surface area (Å²) in [4.78, 5) is 4.27. The zero-order chi connectivity index (χ0) is 17.0. The Labute approximate surface area is 137 Å². The van der Waals surface area contributed by atoms with E-state index in [1.807, 2.05) is 50.3 Å². The summed E-state index contributed by atoms with van der Waals surface area (Å²) in [5.41, 5.74) is 5.75. The summed E-state index contributed by atoms with van der Waals surface area (Å²) < 4.78 is 14.5. The maximum Gasteiger partial charge on any atom is 0.133 e. The van der Waals surface area contributed by atoms with Gasteiger partial charge in [-0.05, 0) is 43.0 Å². The van der Waals surface area contributed by atoms with Crippen molar-refractivity contribution in [1.29, 1.82) is 0 Å². The Hall–Kier alpha value is -2.48. The molecular formula is C21H22FN. The van der Waals surface area contributed by atoms with Crippen molar-refractivity contribution in [3.63, 3.8) is 0 Å². The first kappa shape index (κ1) is 16.9. The highest BCUT2D eigenvalue weighted by Crippen LogP contribution is 2.33. The molecule has 0 spiro atoms. The van der Waals surface area contributed by atoms with E-state index in [2.05, 4.69) is 11.6 Å². The Morgan fingerprint density at radius 2 is 1.65 bits per heavy atom. The van der Waals surface area contributed by atoms with Gasteiger partial charge < -0.3 is 0 Å². The second-order valence-electron chi connectivity index (χ2n) is 5.47. The van der Waals surface area contributed by atoms with Gasteiger partial charge in [-0.1, -0.05) is 55.1 Å². The lowest BCUT2D eigenvalue weighted by Gasteiger charge is -2.16. The summed E-state index contributed by atoms with van der Waals surface area (Å²) in [6.07, 6.45) is 1.91. The van der Waals surface area contributed by atoms with Gasteiger partial charge in [-0.2, -0.15) is 0 Å². The maximum atomic E-state index is 14.5. The molecule has 2 heteroatoms. The maximum absolute atomic E-state index is 14.5. The van der Waals surface area contributed by atoms with Crippen molar-refractivity contribution in [2.75, 3.05) is 7.05 Å². The van der Waals surface area contributed by atoms with Crippen molar-refractivity contribution in [3.8, 4) is 0 Å². The second-order valence-corrected chi connectivity index (χ2v) is 5.47. The molecule has 0 radical (unpaired) electrons. The quantitative estimate of drug-likeness (QED) is 0.508. The largest absolute Gasteiger partial charge is 0.293 e. The predicted octanol–water partition coefficient (Wildman–Crippen LogP) is 5.69. The van der Waals surface area contributed by atoms with Gasteiger partial charge in [0.25, 0.3) is 0 Å². The Morgan fingerprint density at radius 1 is 1.04 bits per heavy atom. The van der Waals surface area contributed by atoms with E-state index in [1.54, 1.807) is 26.1 Å². The third-order valence-electron chi connectivity index (χ3n) is 4.07. The molecule has 0 amide bonds. The summed E-state index contributed by atoms with van der Waals surface area (Å²) in [5, 5.41) is 0. The Kier molecular flexibility index (Phi) is 5.28. The molecule has 2 aromatic rings. The van der Waals surface area contributed by atoms with Crippen molar-refractivity contribution in [2.24, 2.45) is 4.99 Å². The molecule has 2 rings (SSSR count). The van der Waals surface area contributed by atoms with Crippen LogP contribution in [0.2, 0.25) is 0 Å². The van der Waals surface area contributed by atoms with Gasteiger partial charge in [0, 0.05) is 23.9 Å². The van der Waals surface area contributed by atoms with Crippen LogP contribution in [0.15, 0.2) is 60.1 Å². The predicted molar refractivity (Wildman–Crippen MR) is 98.4 cm³/mol. The molecule has 0 aromatic heterocycles. The molecule has 0 fully saturated rings. The van der Waals surface area contributed by atoms with E-state index in [-0.39, 0.29) is 5.82 Å². The Bertz CT molecular complexity index is 797. The molecule has 0 N–H and O–H groups in total. The fraction of sp³-hybridized carbons (Fsp3) is 0.190. The molecule has 0 saturated carbocycles. The molecule has 1 nitrogen and oxygen atoms in total. The zero-order valence-electron chi connectivity index (χ0n) is 14.2. The average molecular weight is 307 g/mol. The van der Waals surface area contributed by atoms with Crippen LogP contribution in [0.4, 0.5) is 4.39 Å². The third kappa shape index (κ3) is 3.31. The van der Waals surface area contributed by atoms with Crippen LogP contribution < -0.4 is 0 Å². The molecule has 0 bridgehead atoms. The standard InChI is InChI=1S/C21H22FN/c1-6-17(20-13-9-10-14(2)21(20)22)15(3)18-11-7-8-12-19(18)16(4)23-5/h6-13H,3H2,1-2,4-5H3/b17-6+,23-16?. The fourth-order valence-corrected chi connectivity index (χ4v) is 2.68. The van der Waals surface area contributed by atoms with E-state index < -0.39 is 0 Å². The smallest absolute Gasteiger partial charge is 0.133 e. The number of halogens is 1. The summed E-state index contributed by atoms with van der Waals surface area (Å²) in [7, 11) is 1.77. The van der Waals surface area contributed by atoms with E-state index in [0.717, 1.165) is 28.0 Å². The normalized spacial score (nSPS) is 12.4. The molecule has 23 heavy (non-hydrogen) atoms. The Balaban J connectivity index is 2.58. The van der Waals surface area contributed by atoms with Gasteiger partial charge in [-0.15, -0.1) is 0 Å². The second kappa shape index (κ2) is 7.19. The van der Waals surface area contributed by atoms with Crippen LogP contribution in [0.3, 0.4) is 0 Å². The van der Waals surface area contributed by atoms with Crippen LogP contribution in [0.5, 0.6) is 0 Å². The van der Waals surface area contributed by atoms with Gasteiger partial charge in [-0.3, -0.25) is 4.99 Å². The van der Waals surface area contributed by atoms with Gasteiger partial charge in [0.15, 0.2) is 0 Å². The highest BCUT2D eigenvalue weighted by molar-refractivity contribution is 6.11. The molecule has 0 unspecified atom stereocenters. The Morgan fingerprint density at radius 3 is 2.26 bits per heavy atom. The SMILES string of the molecule is C=C(/C(=C\C)c1cccc(C)c1F)c1ccccc1C(C)=NC. The van der Waals surface area contributed by atoms with Gasteiger partial charge in [-0.25, -0.2) is 4.39 Å². The highest BCUT2D eigenvalue weighted by atomic mass is 19.1. The fourth-order valence-electron chi connectivity index (χ4n) is 2.68. The molecule has 0 aliphatic heterocycles. The summed E-state index contributed by atoms with van der Waals surface area (Å²) in [6.45, 7) is 9.88. The van der Waals surface area contributed by atoms with Crippen molar-refractivity contribution in [1.82, 2.24) is 0 Å². The lowest BCUT2D eigenvalue weighted by Crippen LogP contribution is -2.02. The molecule has 0 heterocycles. The average Bonchev–Trinajstić information content (AvgIpc) is 2.58. The number of aryl methyl sites for hydroxylation is 1. The summed E-state index contributed by atoms with van der Waals surface area (Å²) in [5.74, 6) is -0.194. The van der Waals surface area contributed by atoms with Gasteiger partial charge in [0.1, 0.15) is 5.82 Å². The molecule has 0 aliphatic carbocycles. The van der Waals surface area contributed by atoms with Crippen LogP contribution in [-0.4, -0.2) is 12.8 Å². The first-order valence-electron chi connectivity index (χ1n) is 7.65. The van der Waals surface area contributed by atoms with Crippen LogP contribution in [0.25, 0.3) is 11.1 Å². The molecule has 0 aliphatic rings. The first-order chi connectivity index (χ1) is 11.0. The van der Waals surface area contributed by atoms with Crippen molar-refractivity contribution in [3.05, 3.63) is 83.2 Å².